The number of nitrogens with zero attached hydrogens (tertiary/aromatic N) is 2. The minimum absolute atomic E-state index is 0.397. The van der Waals surface area contributed by atoms with Gasteiger partial charge in [-0.2, -0.15) is 0 Å². The van der Waals surface area contributed by atoms with E-state index in [2.05, 4.69) is 9.88 Å². The van der Waals surface area contributed by atoms with E-state index < -0.39 is 0 Å². The van der Waals surface area contributed by atoms with E-state index in [-0.39, 0.29) is 0 Å². The van der Waals surface area contributed by atoms with Gasteiger partial charge in [-0.15, -0.1) is 11.3 Å². The fourth-order valence-corrected chi connectivity index (χ4v) is 2.64. The molecule has 1 aromatic rings. The van der Waals surface area contributed by atoms with E-state index in [1.165, 1.54) is 25.9 Å². The van der Waals surface area contributed by atoms with Gasteiger partial charge in [0.25, 0.3) is 0 Å². The van der Waals surface area contributed by atoms with Crippen LogP contribution >= 0.6 is 23.6 Å². The van der Waals surface area contributed by atoms with Gasteiger partial charge in [-0.25, -0.2) is 4.98 Å². The van der Waals surface area contributed by atoms with Gasteiger partial charge in [0.15, 0.2) is 0 Å². The van der Waals surface area contributed by atoms with Crippen LogP contribution in [0.1, 0.15) is 23.5 Å². The summed E-state index contributed by atoms with van der Waals surface area (Å²) in [5.41, 5.74) is 6.26. The highest BCUT2D eigenvalue weighted by Crippen LogP contribution is 2.16. The highest BCUT2D eigenvalue weighted by molar-refractivity contribution is 7.80. The molecule has 2 heterocycles. The summed E-state index contributed by atoms with van der Waals surface area (Å²) in [6.45, 7) is 3.34. The zero-order chi connectivity index (χ0) is 9.97. The number of nitrogens with two attached hydrogens (primary N) is 1. The molecule has 1 fully saturated rings. The van der Waals surface area contributed by atoms with Crippen LogP contribution in [0.25, 0.3) is 0 Å². The zero-order valence-electron chi connectivity index (χ0n) is 7.90. The molecule has 1 aromatic heterocycles. The topological polar surface area (TPSA) is 42.1 Å². The SMILES string of the molecule is NC(=S)c1csc(CN2CCCC2)n1. The molecular weight excluding hydrogens is 214 g/mol. The largest absolute Gasteiger partial charge is 0.388 e. The molecule has 0 atom stereocenters. The molecule has 0 saturated carbocycles. The third-order valence-corrected chi connectivity index (χ3v) is 3.40. The van der Waals surface area contributed by atoms with Crippen LogP contribution in [0.3, 0.4) is 0 Å². The van der Waals surface area contributed by atoms with Gasteiger partial charge in [0.2, 0.25) is 0 Å². The van der Waals surface area contributed by atoms with E-state index in [1.807, 2.05) is 5.38 Å². The van der Waals surface area contributed by atoms with E-state index in [1.54, 1.807) is 11.3 Å². The zero-order valence-corrected chi connectivity index (χ0v) is 9.53. The monoisotopic (exact) mass is 227 g/mol. The Balaban J connectivity index is 1.98. The molecule has 0 bridgehead atoms. The van der Waals surface area contributed by atoms with Crippen LogP contribution in [0, 0.1) is 0 Å². The van der Waals surface area contributed by atoms with Crippen molar-refractivity contribution < 1.29 is 0 Å². The Kier molecular flexibility index (Phi) is 3.10. The van der Waals surface area contributed by atoms with Crippen molar-refractivity contribution in [3.63, 3.8) is 0 Å². The van der Waals surface area contributed by atoms with Gasteiger partial charge >= 0.3 is 0 Å². The van der Waals surface area contributed by atoms with Crippen molar-refractivity contribution in [1.29, 1.82) is 0 Å². The fraction of sp³-hybridized carbons (Fsp3) is 0.556. The number of rotatable bonds is 3. The Morgan fingerprint density at radius 2 is 2.29 bits per heavy atom. The molecule has 0 radical (unpaired) electrons. The van der Waals surface area contributed by atoms with E-state index in [0.29, 0.717) is 4.99 Å². The molecule has 14 heavy (non-hydrogen) atoms. The number of likely N-dealkylation sites (tertiary alicyclic amines) is 1. The summed E-state index contributed by atoms with van der Waals surface area (Å²) in [5, 5.41) is 3.06. The molecule has 0 aliphatic carbocycles. The van der Waals surface area contributed by atoms with Gasteiger partial charge in [-0.05, 0) is 25.9 Å². The molecule has 2 rings (SSSR count). The van der Waals surface area contributed by atoms with Crippen molar-refractivity contribution in [2.24, 2.45) is 5.73 Å². The van der Waals surface area contributed by atoms with E-state index in [4.69, 9.17) is 18.0 Å². The van der Waals surface area contributed by atoms with Crippen LogP contribution in [-0.4, -0.2) is 28.0 Å². The normalized spacial score (nSPS) is 17.4. The average molecular weight is 227 g/mol. The van der Waals surface area contributed by atoms with Gasteiger partial charge in [-0.1, -0.05) is 12.2 Å². The van der Waals surface area contributed by atoms with E-state index in [0.717, 1.165) is 17.2 Å². The molecule has 3 nitrogen and oxygen atoms in total. The molecule has 0 aromatic carbocycles. The highest BCUT2D eigenvalue weighted by Gasteiger charge is 2.13. The molecule has 1 aliphatic heterocycles. The lowest BCUT2D eigenvalue weighted by atomic mass is 10.4. The van der Waals surface area contributed by atoms with Crippen LogP contribution < -0.4 is 5.73 Å². The summed E-state index contributed by atoms with van der Waals surface area (Å²) < 4.78 is 0. The Hall–Kier alpha value is -0.520. The standard InChI is InChI=1S/C9H13N3S2/c10-9(13)7-6-14-8(11-7)5-12-3-1-2-4-12/h6H,1-5H2,(H2,10,13). The first kappa shape index (κ1) is 10.0. The van der Waals surface area contributed by atoms with Crippen LogP contribution in [-0.2, 0) is 6.54 Å². The molecule has 1 saturated heterocycles. The quantitative estimate of drug-likeness (QED) is 0.792. The number of thiazole rings is 1. The van der Waals surface area contributed by atoms with Crippen molar-refractivity contribution in [2.75, 3.05) is 13.1 Å². The lowest BCUT2D eigenvalue weighted by molar-refractivity contribution is 0.331. The maximum absolute atomic E-state index is 5.50. The van der Waals surface area contributed by atoms with Gasteiger partial charge in [-0.3, -0.25) is 4.90 Å². The second-order valence-electron chi connectivity index (χ2n) is 3.47. The number of hydrogen-bond acceptors (Lipinski definition) is 4. The minimum atomic E-state index is 0.397. The first-order valence-corrected chi connectivity index (χ1v) is 6.01. The first-order chi connectivity index (χ1) is 6.75. The highest BCUT2D eigenvalue weighted by atomic mass is 32.1. The number of thiocarbonyl (C=S) groups is 1. The molecule has 1 aliphatic rings. The maximum Gasteiger partial charge on any atom is 0.123 e. The van der Waals surface area contributed by atoms with Crippen molar-refractivity contribution in [3.8, 4) is 0 Å². The summed E-state index contributed by atoms with van der Waals surface area (Å²) >= 11 is 6.51. The molecule has 0 amide bonds. The second kappa shape index (κ2) is 4.33. The van der Waals surface area contributed by atoms with Gasteiger partial charge in [0.1, 0.15) is 15.7 Å². The predicted octanol–water partition coefficient (Wildman–Crippen LogP) is 1.37. The Bertz CT molecular complexity index is 329. The van der Waals surface area contributed by atoms with Crippen LogP contribution in [0.4, 0.5) is 0 Å². The van der Waals surface area contributed by atoms with Crippen LogP contribution in [0.15, 0.2) is 5.38 Å². The van der Waals surface area contributed by atoms with E-state index >= 15 is 0 Å². The summed E-state index contributed by atoms with van der Waals surface area (Å²) in [5.74, 6) is 0. The van der Waals surface area contributed by atoms with Crippen LogP contribution in [0.5, 0.6) is 0 Å². The van der Waals surface area contributed by atoms with E-state index in [9.17, 15) is 0 Å². The average Bonchev–Trinajstić information content (AvgIpc) is 2.75. The number of aromatic nitrogens is 1. The van der Waals surface area contributed by atoms with Gasteiger partial charge in [0.05, 0.1) is 6.54 Å². The summed E-state index contributed by atoms with van der Waals surface area (Å²) in [4.78, 5) is 7.20. The lowest BCUT2D eigenvalue weighted by Gasteiger charge is -2.11. The smallest absolute Gasteiger partial charge is 0.123 e. The van der Waals surface area contributed by atoms with Crippen molar-refractivity contribution in [2.45, 2.75) is 19.4 Å². The summed E-state index contributed by atoms with van der Waals surface area (Å²) in [6.07, 6.45) is 2.63. The van der Waals surface area contributed by atoms with Crippen molar-refractivity contribution >= 4 is 28.5 Å². The molecule has 2 N–H and O–H groups in total. The van der Waals surface area contributed by atoms with Crippen LogP contribution in [0.2, 0.25) is 0 Å². The number of hydrogen-bond donors (Lipinski definition) is 1. The fourth-order valence-electron chi connectivity index (χ4n) is 1.63. The Labute approximate surface area is 92.9 Å². The first-order valence-electron chi connectivity index (χ1n) is 4.72. The predicted molar refractivity (Wildman–Crippen MR) is 62.5 cm³/mol. The second-order valence-corrected chi connectivity index (χ2v) is 4.86. The third-order valence-electron chi connectivity index (χ3n) is 2.36. The lowest BCUT2D eigenvalue weighted by Crippen LogP contribution is -2.18. The minimum Gasteiger partial charge on any atom is -0.388 e. The molecule has 5 heteroatoms. The van der Waals surface area contributed by atoms with Crippen molar-refractivity contribution in [3.05, 3.63) is 16.1 Å². The third kappa shape index (κ3) is 2.29. The Morgan fingerprint density at radius 3 is 2.86 bits per heavy atom. The maximum atomic E-state index is 5.50. The molecule has 0 unspecified atom stereocenters. The molecule has 0 spiro atoms. The molecular formula is C9H13N3S2. The summed E-state index contributed by atoms with van der Waals surface area (Å²) in [7, 11) is 0. The summed E-state index contributed by atoms with van der Waals surface area (Å²) in [6, 6.07) is 0. The Morgan fingerprint density at radius 1 is 1.57 bits per heavy atom. The van der Waals surface area contributed by atoms with Gasteiger partial charge in [0, 0.05) is 5.38 Å². The van der Waals surface area contributed by atoms with Gasteiger partial charge < -0.3 is 5.73 Å². The van der Waals surface area contributed by atoms with Crippen molar-refractivity contribution in [1.82, 2.24) is 9.88 Å². The molecule has 76 valence electrons.